The van der Waals surface area contributed by atoms with Crippen molar-refractivity contribution in [1.82, 2.24) is 5.32 Å². The Balaban J connectivity index is 1.76. The van der Waals surface area contributed by atoms with Crippen molar-refractivity contribution in [2.24, 2.45) is 5.92 Å². The summed E-state index contributed by atoms with van der Waals surface area (Å²) in [5.41, 5.74) is 0. The fourth-order valence-corrected chi connectivity index (χ4v) is 1.50. The van der Waals surface area contributed by atoms with Crippen molar-refractivity contribution >= 4 is 0 Å². The average Bonchev–Trinajstić information content (AvgIpc) is 1.93. The Hall–Kier alpha value is -0.300. The molecule has 1 heteroatoms. The summed E-state index contributed by atoms with van der Waals surface area (Å²) in [7, 11) is 0. The maximum absolute atomic E-state index is 3.66. The molecule has 0 aromatic carbocycles. The molecule has 1 aliphatic rings. The van der Waals surface area contributed by atoms with Crippen LogP contribution in [0.2, 0.25) is 0 Å². The van der Waals surface area contributed by atoms with Crippen LogP contribution in [-0.4, -0.2) is 13.1 Å². The highest BCUT2D eigenvalue weighted by Gasteiger charge is 2.15. The zero-order valence-electron chi connectivity index (χ0n) is 7.31. The minimum atomic E-state index is 0.963. The van der Waals surface area contributed by atoms with Crippen molar-refractivity contribution < 1.29 is 0 Å². The first-order valence-corrected chi connectivity index (χ1v) is 4.75. The third-order valence-corrected chi connectivity index (χ3v) is 2.48. The van der Waals surface area contributed by atoms with Crippen LogP contribution in [0.1, 0.15) is 32.1 Å². The van der Waals surface area contributed by atoms with E-state index in [-0.39, 0.29) is 0 Å². The van der Waals surface area contributed by atoms with Crippen molar-refractivity contribution in [1.29, 1.82) is 0 Å². The third-order valence-electron chi connectivity index (χ3n) is 2.48. The molecule has 0 aromatic rings. The Morgan fingerprint density at radius 3 is 2.82 bits per heavy atom. The Bertz CT molecular complexity index is 105. The van der Waals surface area contributed by atoms with Crippen LogP contribution < -0.4 is 5.32 Å². The minimum Gasteiger partial charge on any atom is -0.313 e. The smallest absolute Gasteiger partial charge is 0.0132 e. The molecule has 0 unspecified atom stereocenters. The molecule has 64 valence electrons. The first-order chi connectivity index (χ1) is 5.43. The van der Waals surface area contributed by atoms with Crippen molar-refractivity contribution in [3.8, 4) is 0 Å². The summed E-state index contributed by atoms with van der Waals surface area (Å²) < 4.78 is 0. The van der Waals surface area contributed by atoms with Gasteiger partial charge in [-0.1, -0.05) is 25.3 Å². The quantitative estimate of drug-likeness (QED) is 0.456. The molecule has 0 aromatic heterocycles. The second-order valence-electron chi connectivity index (χ2n) is 3.43. The van der Waals surface area contributed by atoms with Gasteiger partial charge in [-0.2, -0.15) is 0 Å². The van der Waals surface area contributed by atoms with E-state index in [0.29, 0.717) is 0 Å². The van der Waals surface area contributed by atoms with E-state index in [1.165, 1.54) is 38.6 Å². The summed E-state index contributed by atoms with van der Waals surface area (Å²) in [5, 5.41) is 3.32. The summed E-state index contributed by atoms with van der Waals surface area (Å²) in [4.78, 5) is 0. The molecule has 0 spiro atoms. The van der Waals surface area contributed by atoms with E-state index in [2.05, 4.69) is 11.9 Å². The number of hydrogen-bond acceptors (Lipinski definition) is 1. The van der Waals surface area contributed by atoms with E-state index < -0.39 is 0 Å². The van der Waals surface area contributed by atoms with Crippen molar-refractivity contribution in [3.63, 3.8) is 0 Å². The molecule has 1 nitrogen and oxygen atoms in total. The average molecular weight is 153 g/mol. The Kier molecular flexibility index (Phi) is 4.29. The predicted octanol–water partition coefficient (Wildman–Crippen LogP) is 2.34. The summed E-state index contributed by atoms with van der Waals surface area (Å²) in [6.07, 6.45) is 9.15. The maximum atomic E-state index is 3.66. The van der Waals surface area contributed by atoms with Gasteiger partial charge in [0.25, 0.3) is 0 Å². The molecule has 11 heavy (non-hydrogen) atoms. The van der Waals surface area contributed by atoms with E-state index in [0.717, 1.165) is 12.5 Å². The molecule has 1 N–H and O–H groups in total. The zero-order valence-corrected chi connectivity index (χ0v) is 7.31. The van der Waals surface area contributed by atoms with E-state index in [4.69, 9.17) is 0 Å². The first-order valence-electron chi connectivity index (χ1n) is 4.75. The molecule has 0 amide bonds. The molecule has 0 bridgehead atoms. The lowest BCUT2D eigenvalue weighted by atomic mass is 9.82. The van der Waals surface area contributed by atoms with Gasteiger partial charge in [-0.15, -0.1) is 6.58 Å². The lowest BCUT2D eigenvalue weighted by Crippen LogP contribution is -2.17. The van der Waals surface area contributed by atoms with Gasteiger partial charge in [0.1, 0.15) is 0 Å². The Labute approximate surface area is 69.9 Å². The monoisotopic (exact) mass is 153 g/mol. The van der Waals surface area contributed by atoms with Crippen LogP contribution >= 0.6 is 0 Å². The maximum Gasteiger partial charge on any atom is 0.0132 e. The van der Waals surface area contributed by atoms with Crippen LogP contribution in [0, 0.1) is 5.92 Å². The highest BCUT2D eigenvalue weighted by Crippen LogP contribution is 2.29. The van der Waals surface area contributed by atoms with Gasteiger partial charge < -0.3 is 5.32 Å². The lowest BCUT2D eigenvalue weighted by molar-refractivity contribution is 0.289. The molecule has 0 heterocycles. The number of rotatable bonds is 6. The van der Waals surface area contributed by atoms with Gasteiger partial charge in [-0.3, -0.25) is 0 Å². The van der Waals surface area contributed by atoms with Crippen molar-refractivity contribution in [2.45, 2.75) is 32.1 Å². The molecule has 1 saturated carbocycles. The van der Waals surface area contributed by atoms with Gasteiger partial charge in [0.05, 0.1) is 0 Å². The molecule has 1 aliphatic carbocycles. The van der Waals surface area contributed by atoms with Crippen molar-refractivity contribution in [2.75, 3.05) is 13.1 Å². The normalized spacial score (nSPS) is 17.8. The van der Waals surface area contributed by atoms with Crippen molar-refractivity contribution in [3.05, 3.63) is 12.7 Å². The van der Waals surface area contributed by atoms with Crippen LogP contribution in [0.4, 0.5) is 0 Å². The fraction of sp³-hybridized carbons (Fsp3) is 0.800. The van der Waals surface area contributed by atoms with E-state index in [1.54, 1.807) is 0 Å². The van der Waals surface area contributed by atoms with Gasteiger partial charge in [-0.25, -0.2) is 0 Å². The second kappa shape index (κ2) is 5.36. The molecular formula is C10H19N. The van der Waals surface area contributed by atoms with Crippen LogP contribution in [0.3, 0.4) is 0 Å². The van der Waals surface area contributed by atoms with Crippen LogP contribution in [0.5, 0.6) is 0 Å². The molecule has 1 fully saturated rings. The highest BCUT2D eigenvalue weighted by atomic mass is 14.8. The van der Waals surface area contributed by atoms with Gasteiger partial charge in [-0.05, 0) is 25.3 Å². The number of nitrogens with one attached hydrogen (secondary N) is 1. The summed E-state index contributed by atoms with van der Waals surface area (Å²) in [6, 6.07) is 0. The molecular weight excluding hydrogens is 134 g/mol. The largest absolute Gasteiger partial charge is 0.313 e. The molecule has 0 radical (unpaired) electrons. The fourth-order valence-electron chi connectivity index (χ4n) is 1.50. The highest BCUT2D eigenvalue weighted by molar-refractivity contribution is 4.72. The van der Waals surface area contributed by atoms with E-state index >= 15 is 0 Å². The first kappa shape index (κ1) is 8.79. The predicted molar refractivity (Wildman–Crippen MR) is 49.6 cm³/mol. The number of hydrogen-bond donors (Lipinski definition) is 1. The summed E-state index contributed by atoms with van der Waals surface area (Å²) in [6.45, 7) is 5.79. The minimum absolute atomic E-state index is 0.963. The van der Waals surface area contributed by atoms with E-state index in [9.17, 15) is 0 Å². The summed E-state index contributed by atoms with van der Waals surface area (Å²) >= 11 is 0. The second-order valence-corrected chi connectivity index (χ2v) is 3.43. The summed E-state index contributed by atoms with van der Waals surface area (Å²) in [5.74, 6) is 1.07. The molecule has 1 rings (SSSR count). The molecule has 0 aliphatic heterocycles. The molecule has 0 atom stereocenters. The Morgan fingerprint density at radius 2 is 2.27 bits per heavy atom. The SMILES string of the molecule is C=CCNCCCC1CCC1. The lowest BCUT2D eigenvalue weighted by Gasteiger charge is -2.24. The zero-order chi connectivity index (χ0) is 7.94. The van der Waals surface area contributed by atoms with Crippen LogP contribution in [0.25, 0.3) is 0 Å². The van der Waals surface area contributed by atoms with Gasteiger partial charge in [0, 0.05) is 6.54 Å². The van der Waals surface area contributed by atoms with Crippen LogP contribution in [-0.2, 0) is 0 Å². The topological polar surface area (TPSA) is 12.0 Å². The van der Waals surface area contributed by atoms with E-state index in [1.807, 2.05) is 6.08 Å². The van der Waals surface area contributed by atoms with Gasteiger partial charge >= 0.3 is 0 Å². The Morgan fingerprint density at radius 1 is 1.45 bits per heavy atom. The van der Waals surface area contributed by atoms with Crippen LogP contribution in [0.15, 0.2) is 12.7 Å². The third kappa shape index (κ3) is 3.57. The standard InChI is InChI=1S/C10H19N/c1-2-8-11-9-4-7-10-5-3-6-10/h2,10-11H,1,3-9H2. The van der Waals surface area contributed by atoms with Gasteiger partial charge in [0.15, 0.2) is 0 Å². The van der Waals surface area contributed by atoms with Gasteiger partial charge in [0.2, 0.25) is 0 Å². The molecule has 0 saturated heterocycles.